The molecule has 1 N–H and O–H groups in total. The van der Waals surface area contributed by atoms with E-state index < -0.39 is 10.4 Å². The van der Waals surface area contributed by atoms with Crippen molar-refractivity contribution in [3.63, 3.8) is 0 Å². The Morgan fingerprint density at radius 1 is 1.23 bits per heavy atom. The molecule has 0 heterocycles. The Kier molecular flexibility index (Phi) is 3.02. The minimum absolute atomic E-state index is 0.790. The van der Waals surface area contributed by atoms with Gasteiger partial charge in [0.15, 0.2) is 0 Å². The fourth-order valence-electron chi connectivity index (χ4n) is 0.776. The second kappa shape index (κ2) is 4.04. The molecule has 0 atom stereocenters. The van der Waals surface area contributed by atoms with Gasteiger partial charge >= 0.3 is 10.4 Å². The van der Waals surface area contributed by atoms with Crippen LogP contribution in [0.4, 0.5) is 3.89 Å². The highest BCUT2D eigenvalue weighted by Gasteiger charge is 1.98. The highest BCUT2D eigenvalue weighted by molar-refractivity contribution is 7.84. The maximum absolute atomic E-state index is 11.9. The minimum atomic E-state index is -4.63. The third-order valence-corrected chi connectivity index (χ3v) is 1.70. The number of nitrogens with one attached hydrogen (secondary N) is 1. The van der Waals surface area contributed by atoms with Gasteiger partial charge in [-0.3, -0.25) is 4.72 Å². The first kappa shape index (κ1) is 9.73. The molecule has 0 amide bonds. The Hall–Kier alpha value is -1.36. The van der Waals surface area contributed by atoms with E-state index in [9.17, 15) is 12.3 Å². The van der Waals surface area contributed by atoms with Gasteiger partial charge in [0.2, 0.25) is 0 Å². The van der Waals surface area contributed by atoms with Gasteiger partial charge in [-0.1, -0.05) is 34.2 Å². The Labute approximate surface area is 76.2 Å². The van der Waals surface area contributed by atoms with Crippen molar-refractivity contribution in [3.8, 4) is 0 Å². The molecular weight excluding hydrogens is 193 g/mol. The van der Waals surface area contributed by atoms with Crippen LogP contribution in [0.2, 0.25) is 0 Å². The van der Waals surface area contributed by atoms with Crippen LogP contribution in [0.25, 0.3) is 6.08 Å². The Morgan fingerprint density at radius 3 is 2.38 bits per heavy atom. The number of benzene rings is 1. The zero-order valence-electron chi connectivity index (χ0n) is 6.64. The van der Waals surface area contributed by atoms with Crippen molar-refractivity contribution >= 4 is 16.5 Å². The minimum Gasteiger partial charge on any atom is -0.264 e. The molecule has 0 fully saturated rings. The first-order chi connectivity index (χ1) is 6.08. The van der Waals surface area contributed by atoms with Gasteiger partial charge in [0.1, 0.15) is 0 Å². The quantitative estimate of drug-likeness (QED) is 0.752. The fraction of sp³-hybridized carbons (Fsp3) is 0. The smallest absolute Gasteiger partial charge is 0.264 e. The van der Waals surface area contributed by atoms with Gasteiger partial charge in [-0.2, -0.15) is 8.42 Å². The molecule has 0 saturated heterocycles. The first-order valence-electron chi connectivity index (χ1n) is 3.51. The molecule has 1 aromatic rings. The summed E-state index contributed by atoms with van der Waals surface area (Å²) in [5.74, 6) is 0. The van der Waals surface area contributed by atoms with E-state index in [-0.39, 0.29) is 0 Å². The van der Waals surface area contributed by atoms with Crippen molar-refractivity contribution in [2.24, 2.45) is 0 Å². The lowest BCUT2D eigenvalue weighted by molar-refractivity contribution is 0.545. The Bertz CT molecular complexity index is 386. The average Bonchev–Trinajstić information content (AvgIpc) is 2.04. The van der Waals surface area contributed by atoms with Gasteiger partial charge in [-0.15, -0.1) is 0 Å². The van der Waals surface area contributed by atoms with Gasteiger partial charge < -0.3 is 0 Å². The lowest BCUT2D eigenvalue weighted by atomic mass is 10.2. The number of halogens is 1. The van der Waals surface area contributed by atoms with Gasteiger partial charge in [-0.25, -0.2) is 0 Å². The molecular formula is C8H8FNO2S. The van der Waals surface area contributed by atoms with Gasteiger partial charge in [0, 0.05) is 6.20 Å². The third-order valence-electron chi connectivity index (χ3n) is 1.28. The summed E-state index contributed by atoms with van der Waals surface area (Å²) in [5.41, 5.74) is 0.790. The fourth-order valence-corrected chi connectivity index (χ4v) is 1.01. The van der Waals surface area contributed by atoms with Crippen molar-refractivity contribution < 1.29 is 12.3 Å². The molecule has 0 aliphatic carbocycles. The monoisotopic (exact) mass is 201 g/mol. The van der Waals surface area contributed by atoms with Crippen LogP contribution in [-0.4, -0.2) is 8.42 Å². The van der Waals surface area contributed by atoms with Gasteiger partial charge in [0.05, 0.1) is 0 Å². The summed E-state index contributed by atoms with van der Waals surface area (Å²) in [7, 11) is -4.63. The van der Waals surface area contributed by atoms with Crippen LogP contribution in [-0.2, 0) is 10.4 Å². The lowest BCUT2D eigenvalue weighted by Crippen LogP contribution is -2.10. The van der Waals surface area contributed by atoms with E-state index in [0.29, 0.717) is 0 Å². The van der Waals surface area contributed by atoms with E-state index in [2.05, 4.69) is 0 Å². The molecule has 70 valence electrons. The van der Waals surface area contributed by atoms with Crippen LogP contribution in [0.3, 0.4) is 0 Å². The molecule has 0 saturated carbocycles. The molecule has 1 aromatic carbocycles. The maximum Gasteiger partial charge on any atom is 0.396 e. The van der Waals surface area contributed by atoms with Crippen LogP contribution in [0.5, 0.6) is 0 Å². The van der Waals surface area contributed by atoms with Crippen molar-refractivity contribution in [1.82, 2.24) is 4.72 Å². The largest absolute Gasteiger partial charge is 0.396 e. The van der Waals surface area contributed by atoms with Crippen LogP contribution in [0.15, 0.2) is 36.5 Å². The third kappa shape index (κ3) is 4.27. The van der Waals surface area contributed by atoms with Crippen LogP contribution in [0, 0.1) is 0 Å². The molecule has 0 aromatic heterocycles. The van der Waals surface area contributed by atoms with E-state index >= 15 is 0 Å². The zero-order chi connectivity index (χ0) is 9.73. The summed E-state index contributed by atoms with van der Waals surface area (Å²) < 4.78 is 33.5. The first-order valence-corrected chi connectivity index (χ1v) is 4.90. The highest BCUT2D eigenvalue weighted by atomic mass is 32.3. The van der Waals surface area contributed by atoms with Crippen molar-refractivity contribution in [2.75, 3.05) is 0 Å². The van der Waals surface area contributed by atoms with Gasteiger partial charge in [-0.05, 0) is 11.6 Å². The average molecular weight is 201 g/mol. The van der Waals surface area contributed by atoms with Crippen molar-refractivity contribution in [3.05, 3.63) is 42.1 Å². The van der Waals surface area contributed by atoms with E-state index in [1.807, 2.05) is 6.07 Å². The maximum atomic E-state index is 11.9. The topological polar surface area (TPSA) is 46.2 Å². The molecule has 3 nitrogen and oxygen atoms in total. The molecule has 0 bridgehead atoms. The van der Waals surface area contributed by atoms with Crippen LogP contribution in [0.1, 0.15) is 5.56 Å². The highest BCUT2D eigenvalue weighted by Crippen LogP contribution is 1.99. The van der Waals surface area contributed by atoms with E-state index in [0.717, 1.165) is 11.8 Å². The standard InChI is InChI=1S/C8H8FNO2S/c9-13(11,12)10-7-6-8-4-2-1-3-5-8/h1-7,10H. The summed E-state index contributed by atoms with van der Waals surface area (Å²) in [5, 5.41) is 0. The molecule has 5 heteroatoms. The predicted molar refractivity (Wildman–Crippen MR) is 48.6 cm³/mol. The molecule has 1 rings (SSSR count). The molecule has 0 spiro atoms. The molecule has 13 heavy (non-hydrogen) atoms. The van der Waals surface area contributed by atoms with E-state index in [4.69, 9.17) is 0 Å². The summed E-state index contributed by atoms with van der Waals surface area (Å²) in [4.78, 5) is 0. The second-order valence-electron chi connectivity index (χ2n) is 2.30. The van der Waals surface area contributed by atoms with E-state index in [1.165, 1.54) is 6.08 Å². The number of hydrogen-bond acceptors (Lipinski definition) is 2. The SMILES string of the molecule is O=S(=O)(F)NC=Cc1ccccc1. The van der Waals surface area contributed by atoms with Crippen molar-refractivity contribution in [1.29, 1.82) is 0 Å². The van der Waals surface area contributed by atoms with Crippen LogP contribution < -0.4 is 4.72 Å². The predicted octanol–water partition coefficient (Wildman–Crippen LogP) is 1.46. The summed E-state index contributed by atoms with van der Waals surface area (Å²) in [6.45, 7) is 0. The van der Waals surface area contributed by atoms with Crippen LogP contribution >= 0.6 is 0 Å². The van der Waals surface area contributed by atoms with Gasteiger partial charge in [0.25, 0.3) is 0 Å². The van der Waals surface area contributed by atoms with Crippen molar-refractivity contribution in [2.45, 2.75) is 0 Å². The summed E-state index contributed by atoms with van der Waals surface area (Å²) >= 11 is 0. The molecule has 0 aliphatic heterocycles. The Morgan fingerprint density at radius 2 is 1.85 bits per heavy atom. The lowest BCUT2D eigenvalue weighted by Gasteiger charge is -1.92. The number of rotatable bonds is 3. The molecule has 0 aliphatic rings. The second-order valence-corrected chi connectivity index (χ2v) is 3.41. The summed E-state index contributed by atoms with van der Waals surface area (Å²) in [6, 6.07) is 8.95. The zero-order valence-corrected chi connectivity index (χ0v) is 7.46. The Balaban J connectivity index is 2.61. The normalized spacial score (nSPS) is 11.8. The summed E-state index contributed by atoms with van der Waals surface area (Å²) in [6.07, 6.45) is 2.49. The number of hydrogen-bond donors (Lipinski definition) is 1. The van der Waals surface area contributed by atoms with E-state index in [1.54, 1.807) is 29.0 Å². The molecule has 0 radical (unpaired) electrons. The molecule has 0 unspecified atom stereocenters.